The quantitative estimate of drug-likeness (QED) is 0.566. The monoisotopic (exact) mass is 184 g/mol. The Balaban J connectivity index is 2.19. The van der Waals surface area contributed by atoms with Crippen molar-refractivity contribution in [2.24, 2.45) is 0 Å². The van der Waals surface area contributed by atoms with Gasteiger partial charge in [0.2, 0.25) is 5.76 Å². The number of hydrogen-bond donors (Lipinski definition) is 1. The molecule has 0 heterocycles. The molecule has 2 nitrogen and oxygen atoms in total. The molecule has 14 heavy (non-hydrogen) atoms. The number of para-hydroxylation sites is 2. The molecule has 0 atom stereocenters. The van der Waals surface area contributed by atoms with Gasteiger partial charge in [-0.3, -0.25) is 0 Å². The van der Waals surface area contributed by atoms with Crippen LogP contribution in [0.25, 0.3) is 0 Å². The zero-order chi connectivity index (χ0) is 9.80. The van der Waals surface area contributed by atoms with Gasteiger partial charge in [0.25, 0.3) is 0 Å². The lowest BCUT2D eigenvalue weighted by Crippen LogP contribution is -1.97. The summed E-state index contributed by atoms with van der Waals surface area (Å²) in [7, 11) is 0. The molecule has 0 saturated carbocycles. The molecule has 2 heteroatoms. The normalized spacial score (nSPS) is 13.3. The van der Waals surface area contributed by atoms with Gasteiger partial charge in [0.05, 0.1) is 17.8 Å². The minimum absolute atomic E-state index is 0.636. The largest absolute Gasteiger partial charge is 0.396 e. The predicted molar refractivity (Wildman–Crippen MR) is 56.5 cm³/mol. The van der Waals surface area contributed by atoms with E-state index in [0.29, 0.717) is 11.4 Å². The van der Waals surface area contributed by atoms with Crippen molar-refractivity contribution < 1.29 is 4.74 Å². The number of allylic oxidation sites excluding steroid dienone is 5. The first-order chi connectivity index (χ1) is 6.86. The van der Waals surface area contributed by atoms with Gasteiger partial charge in [0, 0.05) is 6.08 Å². The summed E-state index contributed by atoms with van der Waals surface area (Å²) in [6, 6.07) is 7.40. The van der Waals surface area contributed by atoms with Gasteiger partial charge in [0.1, 0.15) is 12.2 Å². The minimum atomic E-state index is 0.636. The molecule has 0 saturated heterocycles. The topological polar surface area (TPSA) is 35.2 Å². The zero-order valence-electron chi connectivity index (χ0n) is 7.60. The molecule has 0 bridgehead atoms. The Hall–Kier alpha value is -2.05. The zero-order valence-corrected chi connectivity index (χ0v) is 7.60. The molecule has 0 spiro atoms. The average Bonchev–Trinajstić information content (AvgIpc) is 2.23. The van der Waals surface area contributed by atoms with Crippen LogP contribution in [-0.2, 0) is 0 Å². The molecule has 0 radical (unpaired) electrons. The van der Waals surface area contributed by atoms with E-state index in [4.69, 9.17) is 10.5 Å². The summed E-state index contributed by atoms with van der Waals surface area (Å²) in [5.41, 5.74) is 6.37. The number of nitrogen functional groups attached to an aromatic ring is 1. The molecule has 0 aliphatic heterocycles. The van der Waals surface area contributed by atoms with Gasteiger partial charge in [-0.15, -0.1) is 0 Å². The lowest BCUT2D eigenvalue weighted by Gasteiger charge is -2.03. The first-order valence-corrected chi connectivity index (χ1v) is 4.35. The van der Waals surface area contributed by atoms with Crippen molar-refractivity contribution >= 4 is 5.69 Å². The molecule has 1 aromatic carbocycles. The lowest BCUT2D eigenvalue weighted by molar-refractivity contribution is 0.446. The van der Waals surface area contributed by atoms with Crippen molar-refractivity contribution in [2.45, 2.75) is 0 Å². The molecule has 1 aliphatic carbocycles. The Labute approximate surface area is 83.0 Å². The molecule has 2 rings (SSSR count). The fourth-order valence-corrected chi connectivity index (χ4v) is 1.14. The molecule has 0 fully saturated rings. The maximum Gasteiger partial charge on any atom is 0.242 e. The van der Waals surface area contributed by atoms with Crippen molar-refractivity contribution in [1.29, 1.82) is 0 Å². The third-order valence-corrected chi connectivity index (χ3v) is 1.83. The van der Waals surface area contributed by atoms with Crippen LogP contribution in [0.5, 0.6) is 5.75 Å². The number of ether oxygens (including phenoxy) is 1. The van der Waals surface area contributed by atoms with Crippen molar-refractivity contribution in [3.63, 3.8) is 0 Å². The summed E-state index contributed by atoms with van der Waals surface area (Å²) in [5.74, 6) is 1.41. The van der Waals surface area contributed by atoms with E-state index >= 15 is 0 Å². The predicted octanol–water partition coefficient (Wildman–Crippen LogP) is 2.46. The van der Waals surface area contributed by atoms with Crippen molar-refractivity contribution in [3.05, 3.63) is 60.4 Å². The SMILES string of the molecule is Nc1ccccc1OC1=CC=C[C+]=C1. The van der Waals surface area contributed by atoms with E-state index < -0.39 is 0 Å². The molecular formula is C12H10NO+. The third kappa shape index (κ3) is 1.82. The summed E-state index contributed by atoms with van der Waals surface area (Å²) in [6.45, 7) is 0. The second-order valence-electron chi connectivity index (χ2n) is 2.88. The second kappa shape index (κ2) is 3.77. The number of benzene rings is 1. The molecule has 2 N–H and O–H groups in total. The van der Waals surface area contributed by atoms with Crippen LogP contribution in [0.1, 0.15) is 0 Å². The summed E-state index contributed by atoms with van der Waals surface area (Å²) < 4.78 is 5.55. The second-order valence-corrected chi connectivity index (χ2v) is 2.88. The van der Waals surface area contributed by atoms with Crippen LogP contribution in [0.3, 0.4) is 0 Å². The first-order valence-electron chi connectivity index (χ1n) is 4.35. The van der Waals surface area contributed by atoms with Crippen LogP contribution in [-0.4, -0.2) is 0 Å². The highest BCUT2D eigenvalue weighted by molar-refractivity contribution is 5.53. The standard InChI is InChI=1S/C12H10NO/c13-11-8-4-5-9-12(11)14-10-6-2-1-3-7-10/h1-2,4-9H,13H2/q+1. The van der Waals surface area contributed by atoms with Gasteiger partial charge in [0.15, 0.2) is 5.75 Å². The number of anilines is 1. The van der Waals surface area contributed by atoms with Gasteiger partial charge in [-0.1, -0.05) is 12.1 Å². The van der Waals surface area contributed by atoms with E-state index in [1.54, 1.807) is 6.08 Å². The number of rotatable bonds is 2. The fourth-order valence-electron chi connectivity index (χ4n) is 1.14. The van der Waals surface area contributed by atoms with E-state index in [2.05, 4.69) is 6.08 Å². The Morgan fingerprint density at radius 2 is 2.07 bits per heavy atom. The van der Waals surface area contributed by atoms with Crippen LogP contribution in [0.2, 0.25) is 0 Å². The Morgan fingerprint density at radius 3 is 2.79 bits per heavy atom. The van der Waals surface area contributed by atoms with Gasteiger partial charge < -0.3 is 10.5 Å². The number of nitrogens with two attached hydrogens (primary N) is 1. The van der Waals surface area contributed by atoms with E-state index in [1.165, 1.54) is 0 Å². The van der Waals surface area contributed by atoms with Crippen LogP contribution < -0.4 is 10.5 Å². The van der Waals surface area contributed by atoms with Gasteiger partial charge in [-0.25, -0.2) is 0 Å². The molecule has 68 valence electrons. The summed E-state index contributed by atoms with van der Waals surface area (Å²) >= 11 is 0. The van der Waals surface area contributed by atoms with E-state index in [9.17, 15) is 0 Å². The van der Waals surface area contributed by atoms with Crippen molar-refractivity contribution in [3.8, 4) is 5.75 Å². The summed E-state index contributed by atoms with van der Waals surface area (Å²) in [6.07, 6.45) is 10.3. The van der Waals surface area contributed by atoms with Gasteiger partial charge in [-0.05, 0) is 12.1 Å². The number of hydrogen-bond acceptors (Lipinski definition) is 2. The Morgan fingerprint density at radius 1 is 1.21 bits per heavy atom. The average molecular weight is 184 g/mol. The van der Waals surface area contributed by atoms with E-state index in [0.717, 1.165) is 5.76 Å². The third-order valence-electron chi connectivity index (χ3n) is 1.83. The molecule has 0 aromatic heterocycles. The molecule has 0 unspecified atom stereocenters. The van der Waals surface area contributed by atoms with Gasteiger partial charge >= 0.3 is 0 Å². The van der Waals surface area contributed by atoms with Crippen LogP contribution >= 0.6 is 0 Å². The minimum Gasteiger partial charge on any atom is -0.396 e. The molecule has 0 amide bonds. The highest BCUT2D eigenvalue weighted by Gasteiger charge is 2.07. The van der Waals surface area contributed by atoms with Gasteiger partial charge in [-0.2, -0.15) is 0 Å². The Bertz CT molecular complexity index is 416. The van der Waals surface area contributed by atoms with Crippen molar-refractivity contribution in [1.82, 2.24) is 0 Å². The van der Waals surface area contributed by atoms with Crippen molar-refractivity contribution in [2.75, 3.05) is 5.73 Å². The molecule has 1 aromatic rings. The molecular weight excluding hydrogens is 174 g/mol. The van der Waals surface area contributed by atoms with Crippen LogP contribution in [0, 0.1) is 6.08 Å². The van der Waals surface area contributed by atoms with Crippen LogP contribution in [0.4, 0.5) is 5.69 Å². The summed E-state index contributed by atoms with van der Waals surface area (Å²) in [5, 5.41) is 0. The maximum atomic E-state index is 5.73. The highest BCUT2D eigenvalue weighted by atomic mass is 16.5. The Kier molecular flexibility index (Phi) is 2.30. The molecule has 1 aliphatic rings. The first kappa shape index (κ1) is 8.54. The maximum absolute atomic E-state index is 5.73. The van der Waals surface area contributed by atoms with E-state index in [1.807, 2.05) is 42.5 Å². The lowest BCUT2D eigenvalue weighted by atomic mass is 10.2. The summed E-state index contributed by atoms with van der Waals surface area (Å²) in [4.78, 5) is 0. The highest BCUT2D eigenvalue weighted by Crippen LogP contribution is 2.22. The smallest absolute Gasteiger partial charge is 0.242 e. The van der Waals surface area contributed by atoms with E-state index in [-0.39, 0.29) is 0 Å². The van der Waals surface area contributed by atoms with Crippen LogP contribution in [0.15, 0.2) is 54.3 Å². The fraction of sp³-hybridized carbons (Fsp3) is 0.